The molecule has 1 aromatic heterocycles. The topological polar surface area (TPSA) is 38.9 Å². The molecule has 0 radical (unpaired) electrons. The Bertz CT molecular complexity index is 573. The van der Waals surface area contributed by atoms with Crippen molar-refractivity contribution in [3.8, 4) is 0 Å². The van der Waals surface area contributed by atoms with E-state index in [-0.39, 0.29) is 0 Å². The van der Waals surface area contributed by atoms with Gasteiger partial charge < -0.3 is 5.73 Å². The summed E-state index contributed by atoms with van der Waals surface area (Å²) in [6.45, 7) is 2.76. The van der Waals surface area contributed by atoms with Crippen LogP contribution in [0.5, 0.6) is 0 Å². The van der Waals surface area contributed by atoms with Gasteiger partial charge in [-0.05, 0) is 49.3 Å². The molecule has 1 aromatic carbocycles. The van der Waals surface area contributed by atoms with Crippen molar-refractivity contribution in [2.75, 3.05) is 0 Å². The second-order valence-corrected chi connectivity index (χ2v) is 4.90. The van der Waals surface area contributed by atoms with E-state index in [1.54, 1.807) is 0 Å². The molecule has 2 nitrogen and oxygen atoms in total. The second-order valence-electron chi connectivity index (χ2n) is 4.90. The average molecular weight is 226 g/mol. The molecule has 88 valence electrons. The van der Waals surface area contributed by atoms with Gasteiger partial charge in [0.15, 0.2) is 0 Å². The lowest BCUT2D eigenvalue weighted by Crippen LogP contribution is -2.12. The molecule has 2 heteroatoms. The SMILES string of the molecule is Cc1cccc2c(CN)c3c(nc12)CCCC3. The third-order valence-corrected chi connectivity index (χ3v) is 3.82. The number of hydrogen-bond acceptors (Lipinski definition) is 2. The first-order chi connectivity index (χ1) is 8.31. The number of nitrogens with two attached hydrogens (primary N) is 1. The fraction of sp³-hybridized carbons (Fsp3) is 0.400. The molecular weight excluding hydrogens is 208 g/mol. The summed E-state index contributed by atoms with van der Waals surface area (Å²) in [5.41, 5.74) is 12.4. The van der Waals surface area contributed by atoms with Gasteiger partial charge >= 0.3 is 0 Å². The van der Waals surface area contributed by atoms with Crippen LogP contribution in [0.1, 0.15) is 35.2 Å². The Kier molecular flexibility index (Phi) is 2.60. The lowest BCUT2D eigenvalue weighted by Gasteiger charge is -2.20. The molecular formula is C15H18N2. The van der Waals surface area contributed by atoms with Gasteiger partial charge in [0.2, 0.25) is 0 Å². The molecule has 0 saturated carbocycles. The van der Waals surface area contributed by atoms with Crippen molar-refractivity contribution in [1.29, 1.82) is 0 Å². The maximum Gasteiger partial charge on any atom is 0.0737 e. The van der Waals surface area contributed by atoms with Gasteiger partial charge in [-0.3, -0.25) is 4.98 Å². The lowest BCUT2D eigenvalue weighted by atomic mass is 9.89. The zero-order chi connectivity index (χ0) is 11.8. The number of aryl methyl sites for hydroxylation is 2. The minimum absolute atomic E-state index is 0.630. The van der Waals surface area contributed by atoms with E-state index in [9.17, 15) is 0 Å². The molecule has 0 atom stereocenters. The molecule has 0 bridgehead atoms. The normalized spacial score (nSPS) is 14.9. The maximum absolute atomic E-state index is 5.96. The number of fused-ring (bicyclic) bond motifs is 2. The molecule has 1 aliphatic carbocycles. The lowest BCUT2D eigenvalue weighted by molar-refractivity contribution is 0.664. The van der Waals surface area contributed by atoms with E-state index in [1.807, 2.05) is 0 Å². The van der Waals surface area contributed by atoms with E-state index in [2.05, 4.69) is 25.1 Å². The zero-order valence-electron chi connectivity index (χ0n) is 10.3. The Morgan fingerprint density at radius 2 is 2.06 bits per heavy atom. The van der Waals surface area contributed by atoms with Gasteiger partial charge in [-0.15, -0.1) is 0 Å². The van der Waals surface area contributed by atoms with Gasteiger partial charge in [0, 0.05) is 17.6 Å². The Balaban J connectivity index is 2.39. The summed E-state index contributed by atoms with van der Waals surface area (Å²) in [4.78, 5) is 4.87. The van der Waals surface area contributed by atoms with E-state index >= 15 is 0 Å². The molecule has 0 aliphatic heterocycles. The smallest absolute Gasteiger partial charge is 0.0737 e. The molecule has 17 heavy (non-hydrogen) atoms. The van der Waals surface area contributed by atoms with Crippen LogP contribution in [-0.4, -0.2) is 4.98 Å². The van der Waals surface area contributed by atoms with Crippen molar-refractivity contribution in [1.82, 2.24) is 4.98 Å². The van der Waals surface area contributed by atoms with E-state index in [1.165, 1.54) is 40.6 Å². The van der Waals surface area contributed by atoms with Crippen LogP contribution < -0.4 is 5.73 Å². The standard InChI is InChI=1S/C15H18N2/c1-10-5-4-7-12-13(9-16)11-6-2-3-8-14(11)17-15(10)12/h4-5,7H,2-3,6,8-9,16H2,1H3. The number of rotatable bonds is 1. The highest BCUT2D eigenvalue weighted by atomic mass is 14.7. The molecule has 0 saturated heterocycles. The number of para-hydroxylation sites is 1. The highest BCUT2D eigenvalue weighted by Gasteiger charge is 2.17. The Morgan fingerprint density at radius 3 is 2.88 bits per heavy atom. The van der Waals surface area contributed by atoms with Crippen molar-refractivity contribution in [2.45, 2.75) is 39.2 Å². The van der Waals surface area contributed by atoms with Crippen LogP contribution in [0, 0.1) is 6.92 Å². The third-order valence-electron chi connectivity index (χ3n) is 3.82. The highest BCUT2D eigenvalue weighted by molar-refractivity contribution is 5.86. The Morgan fingerprint density at radius 1 is 1.24 bits per heavy atom. The highest BCUT2D eigenvalue weighted by Crippen LogP contribution is 2.30. The van der Waals surface area contributed by atoms with Gasteiger partial charge in [-0.25, -0.2) is 0 Å². The molecule has 0 unspecified atom stereocenters. The summed E-state index contributed by atoms with van der Waals surface area (Å²) in [7, 11) is 0. The summed E-state index contributed by atoms with van der Waals surface area (Å²) in [5, 5.41) is 1.26. The van der Waals surface area contributed by atoms with Crippen LogP contribution >= 0.6 is 0 Å². The van der Waals surface area contributed by atoms with E-state index in [0.29, 0.717) is 6.54 Å². The minimum Gasteiger partial charge on any atom is -0.326 e. The molecule has 2 N–H and O–H groups in total. The summed E-state index contributed by atoms with van der Waals surface area (Å²) in [6.07, 6.45) is 4.81. The molecule has 0 fully saturated rings. The maximum atomic E-state index is 5.96. The average Bonchev–Trinajstić information content (AvgIpc) is 2.37. The first-order valence-corrected chi connectivity index (χ1v) is 6.41. The van der Waals surface area contributed by atoms with Gasteiger partial charge in [0.05, 0.1) is 5.52 Å². The molecule has 0 spiro atoms. The van der Waals surface area contributed by atoms with Crippen LogP contribution in [-0.2, 0) is 19.4 Å². The third kappa shape index (κ3) is 1.64. The molecule has 2 aromatic rings. The fourth-order valence-electron chi connectivity index (χ4n) is 2.92. The van der Waals surface area contributed by atoms with Gasteiger partial charge in [-0.2, -0.15) is 0 Å². The van der Waals surface area contributed by atoms with E-state index < -0.39 is 0 Å². The molecule has 3 rings (SSSR count). The summed E-state index contributed by atoms with van der Waals surface area (Å²) < 4.78 is 0. The molecule has 0 amide bonds. The number of hydrogen-bond donors (Lipinski definition) is 1. The number of nitrogens with zero attached hydrogens (tertiary/aromatic N) is 1. The summed E-state index contributed by atoms with van der Waals surface area (Å²) in [6, 6.07) is 6.39. The largest absolute Gasteiger partial charge is 0.326 e. The van der Waals surface area contributed by atoms with Crippen LogP contribution in [0.4, 0.5) is 0 Å². The predicted octanol–water partition coefficient (Wildman–Crippen LogP) is 2.88. The summed E-state index contributed by atoms with van der Waals surface area (Å²) >= 11 is 0. The monoisotopic (exact) mass is 226 g/mol. The predicted molar refractivity (Wildman–Crippen MR) is 71.0 cm³/mol. The zero-order valence-corrected chi connectivity index (χ0v) is 10.3. The van der Waals surface area contributed by atoms with Crippen molar-refractivity contribution in [2.24, 2.45) is 5.73 Å². The second kappa shape index (κ2) is 4.11. The van der Waals surface area contributed by atoms with Crippen LogP contribution in [0.15, 0.2) is 18.2 Å². The minimum atomic E-state index is 0.630. The van der Waals surface area contributed by atoms with Crippen molar-refractivity contribution in [3.63, 3.8) is 0 Å². The fourth-order valence-corrected chi connectivity index (χ4v) is 2.92. The van der Waals surface area contributed by atoms with E-state index in [4.69, 9.17) is 10.7 Å². The van der Waals surface area contributed by atoms with Gasteiger partial charge in [0.1, 0.15) is 0 Å². The first kappa shape index (κ1) is 10.7. The Labute approximate surface area is 102 Å². The Hall–Kier alpha value is -1.41. The molecule has 1 heterocycles. The number of benzene rings is 1. The van der Waals surface area contributed by atoms with Crippen LogP contribution in [0.25, 0.3) is 10.9 Å². The van der Waals surface area contributed by atoms with Crippen molar-refractivity contribution in [3.05, 3.63) is 40.6 Å². The summed E-state index contributed by atoms with van der Waals surface area (Å²) in [5.74, 6) is 0. The van der Waals surface area contributed by atoms with Gasteiger partial charge in [-0.1, -0.05) is 18.2 Å². The van der Waals surface area contributed by atoms with Crippen LogP contribution in [0.3, 0.4) is 0 Å². The number of aromatic nitrogens is 1. The first-order valence-electron chi connectivity index (χ1n) is 6.41. The molecule has 1 aliphatic rings. The van der Waals surface area contributed by atoms with Crippen LogP contribution in [0.2, 0.25) is 0 Å². The number of pyridine rings is 1. The quantitative estimate of drug-likeness (QED) is 0.812. The van der Waals surface area contributed by atoms with Gasteiger partial charge in [0.25, 0.3) is 0 Å². The van der Waals surface area contributed by atoms with E-state index in [0.717, 1.165) is 18.4 Å². The van der Waals surface area contributed by atoms with Crippen molar-refractivity contribution < 1.29 is 0 Å². The van der Waals surface area contributed by atoms with Crippen molar-refractivity contribution >= 4 is 10.9 Å².